The van der Waals surface area contributed by atoms with Crippen LogP contribution in [0.25, 0.3) is 0 Å². The average molecular weight is 577 g/mol. The largest absolute Gasteiger partial charge is 0.507 e. The molecule has 0 saturated heterocycles. The molecule has 2 atom stereocenters. The zero-order valence-corrected chi connectivity index (χ0v) is 25.2. The van der Waals surface area contributed by atoms with Gasteiger partial charge in [-0.05, 0) is 57.1 Å². The number of hydrogen-bond acceptors (Lipinski definition) is 8. The van der Waals surface area contributed by atoms with Crippen LogP contribution in [-0.4, -0.2) is 75.5 Å². The predicted octanol–water partition coefficient (Wildman–Crippen LogP) is 5.83. The first-order chi connectivity index (χ1) is 19.7. The summed E-state index contributed by atoms with van der Waals surface area (Å²) in [7, 11) is 1.34. The van der Waals surface area contributed by atoms with E-state index in [1.165, 1.54) is 12.7 Å². The number of phenols is 1. The number of carbonyl (C=O) groups excluding carboxylic acids is 1. The van der Waals surface area contributed by atoms with E-state index in [0.717, 1.165) is 37.7 Å². The van der Waals surface area contributed by atoms with Gasteiger partial charge in [-0.15, -0.1) is 0 Å². The third kappa shape index (κ3) is 11.1. The van der Waals surface area contributed by atoms with Gasteiger partial charge in [0.15, 0.2) is 0 Å². The quantitative estimate of drug-likeness (QED) is 0.112. The van der Waals surface area contributed by atoms with Crippen molar-refractivity contribution in [2.45, 2.75) is 71.6 Å². The summed E-state index contributed by atoms with van der Waals surface area (Å²) < 4.78 is 27.2. The van der Waals surface area contributed by atoms with Gasteiger partial charge in [0.1, 0.15) is 23.7 Å². The second-order valence-electron chi connectivity index (χ2n) is 10.5. The molecule has 0 radical (unpaired) electrons. The monoisotopic (exact) mass is 576 g/mol. The van der Waals surface area contributed by atoms with Crippen LogP contribution in [0.15, 0.2) is 29.9 Å². The molecule has 2 rings (SSSR count). The fourth-order valence-electron chi connectivity index (χ4n) is 5.07. The molecule has 9 nitrogen and oxygen atoms in total. The smallest absolute Gasteiger partial charge is 0.339 e. The number of carboxylic acid groups (broad SMARTS) is 1. The number of methoxy groups -OCH3 is 1. The molecule has 1 aromatic carbocycles. The van der Waals surface area contributed by atoms with Gasteiger partial charge in [-0.1, -0.05) is 43.6 Å². The standard InChI is InChI=1S/C32H48O9/c1-6-7-8-9-24-21-27(41-19-18-40-17-16-39-15-14-38-13-12-28(33)37-5)30(31(34)29(24)32(35)36)26-20-23(4)10-11-25(26)22(2)3/h20-21,25-26,34H,2,6-19H2,1,3-5H3,(H,35,36). The maximum absolute atomic E-state index is 12.3. The third-order valence-corrected chi connectivity index (χ3v) is 7.27. The molecule has 1 aromatic rings. The second-order valence-corrected chi connectivity index (χ2v) is 10.5. The van der Waals surface area contributed by atoms with Gasteiger partial charge in [0.05, 0.1) is 53.2 Å². The number of aromatic hydroxyl groups is 1. The van der Waals surface area contributed by atoms with Gasteiger partial charge >= 0.3 is 11.9 Å². The summed E-state index contributed by atoms with van der Waals surface area (Å²) in [5.41, 5.74) is 3.23. The molecule has 9 heteroatoms. The lowest BCUT2D eigenvalue weighted by molar-refractivity contribution is -0.141. The number of rotatable bonds is 20. The lowest BCUT2D eigenvalue weighted by atomic mass is 9.73. The number of esters is 1. The van der Waals surface area contributed by atoms with Crippen molar-refractivity contribution in [2.24, 2.45) is 5.92 Å². The van der Waals surface area contributed by atoms with Gasteiger partial charge in [0.25, 0.3) is 0 Å². The Hall–Kier alpha value is -2.88. The first-order valence-corrected chi connectivity index (χ1v) is 14.6. The fraction of sp³-hybridized carbons (Fsp3) is 0.625. The zero-order chi connectivity index (χ0) is 30.2. The summed E-state index contributed by atoms with van der Waals surface area (Å²) in [4.78, 5) is 23.4. The Balaban J connectivity index is 2.06. The van der Waals surface area contributed by atoms with Crippen molar-refractivity contribution in [3.8, 4) is 11.5 Å². The molecular weight excluding hydrogens is 528 g/mol. The van der Waals surface area contributed by atoms with E-state index in [-0.39, 0.29) is 42.1 Å². The van der Waals surface area contributed by atoms with E-state index < -0.39 is 5.97 Å². The number of carbonyl (C=O) groups is 2. The molecule has 2 N–H and O–H groups in total. The number of aromatic carboxylic acids is 1. The Morgan fingerprint density at radius 3 is 2.24 bits per heavy atom. The van der Waals surface area contributed by atoms with E-state index in [1.54, 1.807) is 6.07 Å². The highest BCUT2D eigenvalue weighted by molar-refractivity contribution is 5.94. The van der Waals surface area contributed by atoms with Crippen LogP contribution in [-0.2, 0) is 30.2 Å². The van der Waals surface area contributed by atoms with Gasteiger partial charge in [-0.2, -0.15) is 0 Å². The Labute approximate surface area is 244 Å². The molecule has 2 unspecified atom stereocenters. The van der Waals surface area contributed by atoms with E-state index in [9.17, 15) is 19.8 Å². The van der Waals surface area contributed by atoms with E-state index in [4.69, 9.17) is 18.9 Å². The molecule has 230 valence electrons. The highest BCUT2D eigenvalue weighted by Gasteiger charge is 2.33. The number of ether oxygens (including phenoxy) is 5. The van der Waals surface area contributed by atoms with Crippen LogP contribution in [0.3, 0.4) is 0 Å². The maximum atomic E-state index is 12.3. The molecule has 1 aliphatic rings. The molecule has 0 bridgehead atoms. The van der Waals surface area contributed by atoms with Crippen LogP contribution in [0.1, 0.15) is 86.7 Å². The molecule has 0 aromatic heterocycles. The van der Waals surface area contributed by atoms with Crippen LogP contribution in [0, 0.1) is 5.92 Å². The van der Waals surface area contributed by atoms with Gasteiger partial charge in [0.2, 0.25) is 0 Å². The summed E-state index contributed by atoms with van der Waals surface area (Å²) in [5.74, 6) is -1.34. The van der Waals surface area contributed by atoms with E-state index >= 15 is 0 Å². The van der Waals surface area contributed by atoms with Crippen molar-refractivity contribution >= 4 is 11.9 Å². The molecule has 0 heterocycles. The van der Waals surface area contributed by atoms with Crippen molar-refractivity contribution in [3.63, 3.8) is 0 Å². The first kappa shape index (κ1) is 34.3. The molecule has 0 amide bonds. The SMILES string of the molecule is C=C(C)C1CCC(C)=CC1c1c(OCCOCCOCCOCCC(=O)OC)cc(CCCCC)c(C(=O)O)c1O. The Morgan fingerprint density at radius 1 is 1.02 bits per heavy atom. The molecular formula is C32H48O9. The second kappa shape index (κ2) is 18.5. The summed E-state index contributed by atoms with van der Waals surface area (Å²) in [6.45, 7) is 12.6. The molecule has 0 aliphatic heterocycles. The number of carboxylic acids is 1. The minimum atomic E-state index is -1.14. The number of allylic oxidation sites excluding steroid dienone is 3. The summed E-state index contributed by atoms with van der Waals surface area (Å²) in [5, 5.41) is 21.5. The lowest BCUT2D eigenvalue weighted by Crippen LogP contribution is -2.20. The Morgan fingerprint density at radius 2 is 1.66 bits per heavy atom. The number of unbranched alkanes of at least 4 members (excludes halogenated alkanes) is 2. The number of benzene rings is 1. The Bertz CT molecular complexity index is 1030. The average Bonchev–Trinajstić information content (AvgIpc) is 2.93. The van der Waals surface area contributed by atoms with Crippen molar-refractivity contribution in [1.29, 1.82) is 0 Å². The summed E-state index contributed by atoms with van der Waals surface area (Å²) in [6, 6.07) is 1.80. The van der Waals surface area contributed by atoms with Crippen molar-refractivity contribution < 1.29 is 43.5 Å². The van der Waals surface area contributed by atoms with Crippen LogP contribution < -0.4 is 4.74 Å². The lowest BCUT2D eigenvalue weighted by Gasteiger charge is -2.32. The molecule has 41 heavy (non-hydrogen) atoms. The van der Waals surface area contributed by atoms with Crippen molar-refractivity contribution in [2.75, 3.05) is 53.4 Å². The molecule has 0 spiro atoms. The van der Waals surface area contributed by atoms with E-state index in [2.05, 4.69) is 31.2 Å². The van der Waals surface area contributed by atoms with E-state index in [0.29, 0.717) is 62.9 Å². The van der Waals surface area contributed by atoms with Gasteiger partial charge in [-0.25, -0.2) is 4.79 Å². The van der Waals surface area contributed by atoms with Crippen LogP contribution >= 0.6 is 0 Å². The normalized spacial score (nSPS) is 16.7. The van der Waals surface area contributed by atoms with Crippen LogP contribution in [0.5, 0.6) is 11.5 Å². The van der Waals surface area contributed by atoms with Crippen LogP contribution in [0.2, 0.25) is 0 Å². The minimum Gasteiger partial charge on any atom is -0.507 e. The molecule has 0 saturated carbocycles. The summed E-state index contributed by atoms with van der Waals surface area (Å²) >= 11 is 0. The Kier molecular flexibility index (Phi) is 15.5. The maximum Gasteiger partial charge on any atom is 0.339 e. The van der Waals surface area contributed by atoms with Gasteiger partial charge in [0, 0.05) is 11.5 Å². The first-order valence-electron chi connectivity index (χ1n) is 14.6. The van der Waals surface area contributed by atoms with Crippen molar-refractivity contribution in [3.05, 3.63) is 46.6 Å². The fourth-order valence-corrected chi connectivity index (χ4v) is 5.07. The number of hydrogen-bond donors (Lipinski definition) is 2. The highest BCUT2D eigenvalue weighted by atomic mass is 16.6. The van der Waals surface area contributed by atoms with Crippen LogP contribution in [0.4, 0.5) is 0 Å². The minimum absolute atomic E-state index is 0.0387. The van der Waals surface area contributed by atoms with Crippen molar-refractivity contribution in [1.82, 2.24) is 0 Å². The van der Waals surface area contributed by atoms with Gasteiger partial charge in [-0.3, -0.25) is 4.79 Å². The van der Waals surface area contributed by atoms with E-state index in [1.807, 2.05) is 6.92 Å². The zero-order valence-electron chi connectivity index (χ0n) is 25.2. The molecule has 0 fully saturated rings. The summed E-state index contributed by atoms with van der Waals surface area (Å²) in [6.07, 6.45) is 7.47. The molecule has 1 aliphatic carbocycles. The highest BCUT2D eigenvalue weighted by Crippen LogP contribution is 2.48. The topological polar surface area (TPSA) is 121 Å². The number of aryl methyl sites for hydroxylation is 1. The van der Waals surface area contributed by atoms with Gasteiger partial charge < -0.3 is 33.9 Å². The predicted molar refractivity (Wildman–Crippen MR) is 157 cm³/mol. The third-order valence-electron chi connectivity index (χ3n) is 7.27.